The van der Waals surface area contributed by atoms with Crippen molar-refractivity contribution in [2.75, 3.05) is 0 Å². The van der Waals surface area contributed by atoms with Gasteiger partial charge in [0.25, 0.3) is 0 Å². The molecule has 0 aliphatic heterocycles. The monoisotopic (exact) mass is 360 g/mol. The van der Waals surface area contributed by atoms with Crippen molar-refractivity contribution in [3.63, 3.8) is 0 Å². The first-order valence-corrected chi connectivity index (χ1v) is 7.15. The third-order valence-corrected chi connectivity index (χ3v) is 5.27. The molecule has 17 heavy (non-hydrogen) atoms. The highest BCUT2D eigenvalue weighted by Crippen LogP contribution is 2.60. The van der Waals surface area contributed by atoms with Crippen molar-refractivity contribution in [1.29, 1.82) is 0 Å². The average molecular weight is 362 g/mol. The maximum Gasteiger partial charge on any atom is 0.327 e. The first-order valence-electron chi connectivity index (χ1n) is 5.56. The van der Waals surface area contributed by atoms with Gasteiger partial charge in [-0.1, -0.05) is 62.7 Å². The standard InChI is InChI=1S/C10H10Br2.C3H4O2/c11-10(12)4-3-8-6-1-2-7(5-6)9(8)10;1-2-3(4)5/h1-4,6-9H,5H2;2H,1H2,(H,4,5). The summed E-state index contributed by atoms with van der Waals surface area (Å²) in [5, 5.41) is 7.60. The van der Waals surface area contributed by atoms with Crippen molar-refractivity contribution in [1.82, 2.24) is 0 Å². The molecule has 4 atom stereocenters. The number of alkyl halides is 2. The van der Waals surface area contributed by atoms with Crippen LogP contribution >= 0.6 is 31.9 Å². The van der Waals surface area contributed by atoms with Crippen molar-refractivity contribution < 1.29 is 9.90 Å². The van der Waals surface area contributed by atoms with E-state index in [0.29, 0.717) is 0 Å². The van der Waals surface area contributed by atoms with Gasteiger partial charge in [0.15, 0.2) is 0 Å². The first-order chi connectivity index (χ1) is 7.95. The van der Waals surface area contributed by atoms with E-state index < -0.39 is 5.97 Å². The highest BCUT2D eigenvalue weighted by atomic mass is 79.9. The van der Waals surface area contributed by atoms with E-state index in [2.05, 4.69) is 62.7 Å². The number of halogens is 2. The van der Waals surface area contributed by atoms with Crippen LogP contribution < -0.4 is 0 Å². The molecular formula is C13H14Br2O2. The van der Waals surface area contributed by atoms with Gasteiger partial charge in [-0.3, -0.25) is 0 Å². The van der Waals surface area contributed by atoms with E-state index >= 15 is 0 Å². The summed E-state index contributed by atoms with van der Waals surface area (Å²) in [5.41, 5.74) is 0. The first kappa shape index (κ1) is 13.1. The Bertz CT molecular complexity index is 398. The van der Waals surface area contributed by atoms with Gasteiger partial charge in [-0.15, -0.1) is 0 Å². The van der Waals surface area contributed by atoms with Crippen LogP contribution in [0.15, 0.2) is 37.0 Å². The van der Waals surface area contributed by atoms with Gasteiger partial charge >= 0.3 is 5.97 Å². The van der Waals surface area contributed by atoms with Crippen molar-refractivity contribution >= 4 is 37.8 Å². The van der Waals surface area contributed by atoms with Gasteiger partial charge < -0.3 is 5.11 Å². The van der Waals surface area contributed by atoms with Gasteiger partial charge in [0.1, 0.15) is 3.23 Å². The predicted octanol–water partition coefficient (Wildman–Crippen LogP) is 3.74. The third kappa shape index (κ3) is 2.43. The van der Waals surface area contributed by atoms with Crippen LogP contribution in [-0.4, -0.2) is 14.3 Å². The summed E-state index contributed by atoms with van der Waals surface area (Å²) < 4.78 is 0.0921. The zero-order chi connectivity index (χ0) is 12.6. The number of rotatable bonds is 1. The van der Waals surface area contributed by atoms with Crippen molar-refractivity contribution in [3.05, 3.63) is 37.0 Å². The number of carbonyl (C=O) groups is 1. The summed E-state index contributed by atoms with van der Waals surface area (Å²) in [4.78, 5) is 9.25. The molecule has 3 aliphatic carbocycles. The van der Waals surface area contributed by atoms with E-state index in [4.69, 9.17) is 5.11 Å². The van der Waals surface area contributed by atoms with Crippen LogP contribution in [0.2, 0.25) is 0 Å². The SMILES string of the molecule is BrC1(Br)C=CC2C3C=CC(C3)C21.C=CC(=O)O. The molecule has 3 aliphatic rings. The topological polar surface area (TPSA) is 37.3 Å². The van der Waals surface area contributed by atoms with Gasteiger partial charge in [0.05, 0.1) is 0 Å². The molecule has 0 aromatic rings. The molecule has 1 N–H and O–H groups in total. The maximum atomic E-state index is 9.25. The fourth-order valence-electron chi connectivity index (χ4n) is 3.02. The fraction of sp³-hybridized carbons (Fsp3) is 0.462. The number of hydrogen-bond donors (Lipinski definition) is 1. The molecular weight excluding hydrogens is 348 g/mol. The summed E-state index contributed by atoms with van der Waals surface area (Å²) in [6.07, 6.45) is 11.7. The molecule has 0 amide bonds. The molecule has 0 saturated heterocycles. The van der Waals surface area contributed by atoms with E-state index in [1.165, 1.54) is 6.42 Å². The molecule has 4 unspecified atom stereocenters. The molecule has 0 radical (unpaired) electrons. The Labute approximate surface area is 118 Å². The van der Waals surface area contributed by atoms with Gasteiger partial charge in [0, 0.05) is 12.0 Å². The van der Waals surface area contributed by atoms with Crippen LogP contribution in [0.4, 0.5) is 0 Å². The van der Waals surface area contributed by atoms with Crippen LogP contribution in [-0.2, 0) is 4.79 Å². The molecule has 0 heterocycles. The van der Waals surface area contributed by atoms with E-state index in [1.807, 2.05) is 0 Å². The molecule has 1 fully saturated rings. The Kier molecular flexibility index (Phi) is 3.64. The minimum Gasteiger partial charge on any atom is -0.478 e. The minimum absolute atomic E-state index is 0.0921. The van der Waals surface area contributed by atoms with Gasteiger partial charge in [-0.2, -0.15) is 0 Å². The number of hydrogen-bond acceptors (Lipinski definition) is 1. The number of aliphatic carboxylic acids is 1. The second kappa shape index (κ2) is 4.73. The second-order valence-corrected chi connectivity index (χ2v) is 8.32. The largest absolute Gasteiger partial charge is 0.478 e. The van der Waals surface area contributed by atoms with Gasteiger partial charge in [0.2, 0.25) is 0 Å². The Morgan fingerprint density at radius 3 is 2.47 bits per heavy atom. The van der Waals surface area contributed by atoms with Gasteiger partial charge in [-0.25, -0.2) is 4.79 Å². The second-order valence-electron chi connectivity index (χ2n) is 4.63. The molecule has 92 valence electrons. The molecule has 2 bridgehead atoms. The Morgan fingerprint density at radius 2 is 1.94 bits per heavy atom. The Morgan fingerprint density at radius 1 is 1.35 bits per heavy atom. The van der Waals surface area contributed by atoms with Crippen LogP contribution in [0.5, 0.6) is 0 Å². The molecule has 2 nitrogen and oxygen atoms in total. The highest BCUT2D eigenvalue weighted by molar-refractivity contribution is 9.25. The van der Waals surface area contributed by atoms with Crippen LogP contribution in [0.1, 0.15) is 6.42 Å². The summed E-state index contributed by atoms with van der Waals surface area (Å²) >= 11 is 7.49. The highest BCUT2D eigenvalue weighted by Gasteiger charge is 2.53. The summed E-state index contributed by atoms with van der Waals surface area (Å²) in [6.45, 7) is 2.96. The van der Waals surface area contributed by atoms with Crippen molar-refractivity contribution in [2.45, 2.75) is 9.65 Å². The zero-order valence-corrected chi connectivity index (χ0v) is 12.4. The molecule has 1 saturated carbocycles. The number of carboxylic acids is 1. The lowest BCUT2D eigenvalue weighted by Gasteiger charge is -2.28. The maximum absolute atomic E-state index is 9.25. The average Bonchev–Trinajstić information content (AvgIpc) is 2.92. The summed E-state index contributed by atoms with van der Waals surface area (Å²) in [7, 11) is 0. The van der Waals surface area contributed by atoms with Crippen LogP contribution in [0.3, 0.4) is 0 Å². The number of allylic oxidation sites excluding steroid dienone is 4. The molecule has 0 spiro atoms. The zero-order valence-electron chi connectivity index (χ0n) is 9.22. The lowest BCUT2D eigenvalue weighted by Crippen LogP contribution is -2.26. The quantitative estimate of drug-likeness (QED) is 0.439. The number of fused-ring (bicyclic) bond motifs is 5. The summed E-state index contributed by atoms with van der Waals surface area (Å²) in [5.74, 6) is 2.19. The fourth-order valence-corrected chi connectivity index (χ4v) is 4.61. The summed E-state index contributed by atoms with van der Waals surface area (Å²) in [6, 6.07) is 0. The van der Waals surface area contributed by atoms with Crippen LogP contribution in [0, 0.1) is 23.7 Å². The van der Waals surface area contributed by atoms with E-state index in [9.17, 15) is 4.79 Å². The predicted molar refractivity (Wildman–Crippen MR) is 75.3 cm³/mol. The van der Waals surface area contributed by atoms with Crippen molar-refractivity contribution in [2.24, 2.45) is 23.7 Å². The van der Waals surface area contributed by atoms with E-state index in [-0.39, 0.29) is 3.23 Å². The van der Waals surface area contributed by atoms with Gasteiger partial charge in [-0.05, 0) is 24.2 Å². The molecule has 0 aromatic heterocycles. The van der Waals surface area contributed by atoms with Crippen LogP contribution in [0.25, 0.3) is 0 Å². The normalized spacial score (nSPS) is 38.5. The van der Waals surface area contributed by atoms with E-state index in [0.717, 1.165) is 29.7 Å². The lowest BCUT2D eigenvalue weighted by molar-refractivity contribution is -0.131. The molecule has 0 aromatic carbocycles. The van der Waals surface area contributed by atoms with E-state index in [1.54, 1.807) is 0 Å². The minimum atomic E-state index is -0.981. The molecule has 3 rings (SSSR count). The lowest BCUT2D eigenvalue weighted by atomic mass is 9.86. The Balaban J connectivity index is 0.000000188. The molecule has 4 heteroatoms. The third-order valence-electron chi connectivity index (χ3n) is 3.68. The number of carboxylic acid groups (broad SMARTS) is 1. The smallest absolute Gasteiger partial charge is 0.327 e. The van der Waals surface area contributed by atoms with Crippen molar-refractivity contribution in [3.8, 4) is 0 Å². The Hall–Kier alpha value is -0.350.